The second-order valence-corrected chi connectivity index (χ2v) is 7.72. The van der Waals surface area contributed by atoms with Crippen LogP contribution in [0.15, 0.2) is 60.7 Å². The van der Waals surface area contributed by atoms with Gasteiger partial charge in [0.25, 0.3) is 0 Å². The SMILES string of the molecule is COC(C#CC#CCC(OC)([C]1[CH][CH][CH][CH]1)c1ccccc1)([C]1[CH][CH][CH][CH]1)c1ccccc1. The molecule has 2 unspecified atom stereocenters. The van der Waals surface area contributed by atoms with Crippen LogP contribution in [0.4, 0.5) is 0 Å². The summed E-state index contributed by atoms with van der Waals surface area (Å²) in [7, 11) is 3.41. The zero-order chi connectivity index (χ0) is 23.0. The summed E-state index contributed by atoms with van der Waals surface area (Å²) in [5, 5.41) is 0. The number of hydrogen-bond acceptors (Lipinski definition) is 2. The fourth-order valence-electron chi connectivity index (χ4n) is 4.24. The Kier molecular flexibility index (Phi) is 7.93. The first-order chi connectivity index (χ1) is 16.2. The fourth-order valence-corrected chi connectivity index (χ4v) is 4.24. The molecule has 10 radical (unpaired) electrons. The van der Waals surface area contributed by atoms with Crippen LogP contribution in [0.1, 0.15) is 17.5 Å². The number of rotatable bonds is 7. The van der Waals surface area contributed by atoms with Gasteiger partial charge < -0.3 is 9.47 Å². The van der Waals surface area contributed by atoms with E-state index in [0.717, 1.165) is 23.0 Å². The van der Waals surface area contributed by atoms with Crippen LogP contribution in [-0.2, 0) is 20.7 Å². The van der Waals surface area contributed by atoms with E-state index < -0.39 is 11.2 Å². The van der Waals surface area contributed by atoms with E-state index in [0.29, 0.717) is 6.42 Å². The normalized spacial score (nSPS) is 20.2. The molecular formula is C31H26O2. The third-order valence-corrected chi connectivity index (χ3v) is 6.00. The van der Waals surface area contributed by atoms with Crippen LogP contribution in [0, 0.1) is 86.9 Å². The van der Waals surface area contributed by atoms with Crippen molar-refractivity contribution in [3.8, 4) is 23.7 Å². The molecule has 33 heavy (non-hydrogen) atoms. The number of methoxy groups -OCH3 is 2. The highest BCUT2D eigenvalue weighted by atomic mass is 16.5. The van der Waals surface area contributed by atoms with Crippen LogP contribution in [-0.4, -0.2) is 14.2 Å². The molecule has 2 nitrogen and oxygen atoms in total. The molecular weight excluding hydrogens is 404 g/mol. The molecule has 2 aromatic rings. The highest BCUT2D eigenvalue weighted by molar-refractivity contribution is 5.53. The lowest BCUT2D eigenvalue weighted by atomic mass is 9.77. The minimum absolute atomic E-state index is 0.480. The first-order valence-electron chi connectivity index (χ1n) is 10.9. The van der Waals surface area contributed by atoms with Crippen LogP contribution in [0.2, 0.25) is 0 Å². The molecule has 0 amide bonds. The van der Waals surface area contributed by atoms with Crippen molar-refractivity contribution in [2.45, 2.75) is 17.6 Å². The molecule has 2 fully saturated rings. The first-order valence-corrected chi connectivity index (χ1v) is 10.9. The van der Waals surface area contributed by atoms with Crippen molar-refractivity contribution in [1.82, 2.24) is 0 Å². The summed E-state index contributed by atoms with van der Waals surface area (Å²) < 4.78 is 12.1. The van der Waals surface area contributed by atoms with Crippen molar-refractivity contribution < 1.29 is 9.47 Å². The monoisotopic (exact) mass is 430 g/mol. The first kappa shape index (κ1) is 23.6. The molecule has 2 atom stereocenters. The summed E-state index contributed by atoms with van der Waals surface area (Å²) in [5.74, 6) is 14.7. The molecule has 0 aliphatic heterocycles. The van der Waals surface area contributed by atoms with Gasteiger partial charge in [-0.3, -0.25) is 0 Å². The molecule has 0 heterocycles. The van der Waals surface area contributed by atoms with Crippen molar-refractivity contribution >= 4 is 0 Å². The average Bonchev–Trinajstić information content (AvgIpc) is 3.61. The Hall–Kier alpha value is -2.52. The molecule has 2 saturated carbocycles. The summed E-state index contributed by atoms with van der Waals surface area (Å²) >= 11 is 0. The van der Waals surface area contributed by atoms with Gasteiger partial charge in [-0.25, -0.2) is 0 Å². The molecule has 0 spiro atoms. The topological polar surface area (TPSA) is 18.5 Å². The smallest absolute Gasteiger partial charge is 0.161 e. The molecule has 162 valence electrons. The summed E-state index contributed by atoms with van der Waals surface area (Å²) in [6.45, 7) is 0. The maximum atomic E-state index is 6.09. The Morgan fingerprint density at radius 1 is 0.636 bits per heavy atom. The van der Waals surface area contributed by atoms with Gasteiger partial charge in [-0.2, -0.15) is 0 Å². The van der Waals surface area contributed by atoms with Crippen LogP contribution in [0.25, 0.3) is 0 Å². The Morgan fingerprint density at radius 2 is 1.18 bits per heavy atom. The Morgan fingerprint density at radius 3 is 1.73 bits per heavy atom. The molecule has 2 heteroatoms. The Bertz CT molecular complexity index is 995. The van der Waals surface area contributed by atoms with Crippen molar-refractivity contribution in [3.63, 3.8) is 0 Å². The van der Waals surface area contributed by atoms with E-state index >= 15 is 0 Å². The van der Waals surface area contributed by atoms with Crippen LogP contribution < -0.4 is 0 Å². The summed E-state index contributed by atoms with van der Waals surface area (Å²) in [4.78, 5) is 0. The maximum Gasteiger partial charge on any atom is 0.161 e. The molecule has 2 aromatic carbocycles. The van der Waals surface area contributed by atoms with E-state index in [1.807, 2.05) is 87.1 Å². The Balaban J connectivity index is 1.62. The predicted octanol–water partition coefficient (Wildman–Crippen LogP) is 5.28. The lowest BCUT2D eigenvalue weighted by Gasteiger charge is -2.36. The van der Waals surface area contributed by atoms with Crippen molar-refractivity contribution in [1.29, 1.82) is 0 Å². The second-order valence-electron chi connectivity index (χ2n) is 7.72. The largest absolute Gasteiger partial charge is 0.372 e. The van der Waals surface area contributed by atoms with Gasteiger partial charge in [0.15, 0.2) is 5.60 Å². The summed E-state index contributed by atoms with van der Waals surface area (Å²) in [6, 6.07) is 20.2. The van der Waals surface area contributed by atoms with Gasteiger partial charge in [-0.15, -0.1) is 0 Å². The lowest BCUT2D eigenvalue weighted by Crippen LogP contribution is -2.35. The average molecular weight is 431 g/mol. The quantitative estimate of drug-likeness (QED) is 0.557. The standard InChI is InChI=1S/C31H26O2/c1-32-30(28-20-10-11-21-28,26-16-6-3-7-17-26)24-14-5-15-25-31(33-2,29-22-12-13-23-29)27-18-8-4-9-19-27/h3-4,6-13,16-23H,24H2,1-2H3. The van der Waals surface area contributed by atoms with Gasteiger partial charge in [0.05, 0.1) is 0 Å². The van der Waals surface area contributed by atoms with Gasteiger partial charge in [-0.1, -0.05) is 66.6 Å². The van der Waals surface area contributed by atoms with Crippen molar-refractivity contribution in [2.24, 2.45) is 0 Å². The fraction of sp³-hybridized carbons (Fsp3) is 0.161. The molecule has 4 rings (SSSR count). The lowest BCUT2D eigenvalue weighted by molar-refractivity contribution is 0.00946. The molecule has 0 N–H and O–H groups in total. The zero-order valence-corrected chi connectivity index (χ0v) is 18.9. The summed E-state index contributed by atoms with van der Waals surface area (Å²) in [6.07, 6.45) is 16.7. The minimum Gasteiger partial charge on any atom is -0.372 e. The van der Waals surface area contributed by atoms with Gasteiger partial charge in [0, 0.05) is 32.5 Å². The summed E-state index contributed by atoms with van der Waals surface area (Å²) in [5.41, 5.74) is 0.514. The second kappa shape index (κ2) is 11.1. The molecule has 2 aliphatic carbocycles. The third-order valence-electron chi connectivity index (χ3n) is 6.00. The highest BCUT2D eigenvalue weighted by Gasteiger charge is 2.43. The van der Waals surface area contributed by atoms with Gasteiger partial charge in [-0.05, 0) is 80.3 Å². The maximum absolute atomic E-state index is 6.09. The van der Waals surface area contributed by atoms with E-state index in [1.165, 1.54) is 0 Å². The number of benzene rings is 2. The Labute approximate surface area is 200 Å². The zero-order valence-electron chi connectivity index (χ0n) is 18.9. The highest BCUT2D eigenvalue weighted by Crippen LogP contribution is 2.45. The number of ether oxygens (including phenoxy) is 2. The molecule has 2 aliphatic rings. The molecule has 0 saturated heterocycles. The van der Waals surface area contributed by atoms with Crippen LogP contribution >= 0.6 is 0 Å². The van der Waals surface area contributed by atoms with Crippen LogP contribution in [0.5, 0.6) is 0 Å². The predicted molar refractivity (Wildman–Crippen MR) is 131 cm³/mol. The molecule has 0 aromatic heterocycles. The van der Waals surface area contributed by atoms with Crippen molar-refractivity contribution in [3.05, 3.63) is 135 Å². The van der Waals surface area contributed by atoms with E-state index in [2.05, 4.69) is 48.7 Å². The minimum atomic E-state index is -0.872. The van der Waals surface area contributed by atoms with E-state index in [-0.39, 0.29) is 0 Å². The third kappa shape index (κ3) is 4.89. The number of hydrogen-bond donors (Lipinski definition) is 0. The van der Waals surface area contributed by atoms with Gasteiger partial charge >= 0.3 is 0 Å². The van der Waals surface area contributed by atoms with E-state index in [1.54, 1.807) is 14.2 Å². The van der Waals surface area contributed by atoms with Gasteiger partial charge in [0.2, 0.25) is 0 Å². The van der Waals surface area contributed by atoms with Crippen molar-refractivity contribution in [2.75, 3.05) is 14.2 Å². The van der Waals surface area contributed by atoms with Crippen LogP contribution in [0.3, 0.4) is 0 Å². The van der Waals surface area contributed by atoms with Gasteiger partial charge in [0.1, 0.15) is 5.60 Å². The molecule has 0 bridgehead atoms. The van der Waals surface area contributed by atoms with E-state index in [9.17, 15) is 0 Å². The van der Waals surface area contributed by atoms with E-state index in [4.69, 9.17) is 9.47 Å².